The molecule has 0 N–H and O–H groups in total. The summed E-state index contributed by atoms with van der Waals surface area (Å²) >= 11 is 0. The van der Waals surface area contributed by atoms with Crippen LogP contribution >= 0.6 is 0 Å². The van der Waals surface area contributed by atoms with Crippen molar-refractivity contribution in [3.63, 3.8) is 0 Å². The summed E-state index contributed by atoms with van der Waals surface area (Å²) in [5.41, 5.74) is 0.413. The lowest BCUT2D eigenvalue weighted by atomic mass is 10.1. The van der Waals surface area contributed by atoms with E-state index in [-0.39, 0.29) is 10.7 Å². The van der Waals surface area contributed by atoms with E-state index in [9.17, 15) is 17.6 Å². The Kier molecular flexibility index (Phi) is 3.76. The lowest BCUT2D eigenvalue weighted by Crippen LogP contribution is -2.18. The molecule has 1 heterocycles. The average molecular weight is 295 g/mol. The fourth-order valence-corrected chi connectivity index (χ4v) is 2.50. The molecule has 0 aliphatic heterocycles. The Bertz CT molecular complexity index is 809. The number of sulfone groups is 1. The molecule has 6 heteroatoms. The molecule has 0 aliphatic carbocycles. The summed E-state index contributed by atoms with van der Waals surface area (Å²) in [5.74, 6) is -0.385. The highest BCUT2D eigenvalue weighted by atomic mass is 32.2. The number of rotatable bonds is 3. The maximum Gasteiger partial charge on any atom is 0.256 e. The molecule has 0 bridgehead atoms. The summed E-state index contributed by atoms with van der Waals surface area (Å²) in [6, 6.07) is 6.86. The summed E-state index contributed by atoms with van der Waals surface area (Å²) in [4.78, 5) is 11.9. The Labute approximate surface area is 116 Å². The van der Waals surface area contributed by atoms with Crippen LogP contribution in [0.4, 0.5) is 4.39 Å². The number of hydrogen-bond acceptors (Lipinski definition) is 3. The highest BCUT2D eigenvalue weighted by Crippen LogP contribution is 2.14. The third-order valence-corrected chi connectivity index (χ3v) is 4.13. The molecule has 20 heavy (non-hydrogen) atoms. The molecule has 0 amide bonds. The van der Waals surface area contributed by atoms with E-state index in [1.807, 2.05) is 6.92 Å². The SMILES string of the molecule is CCc1ccc(-n2ccc(S(C)(=O)=O)cc2=O)cc1F. The maximum absolute atomic E-state index is 13.7. The maximum atomic E-state index is 13.7. The quantitative estimate of drug-likeness (QED) is 0.869. The van der Waals surface area contributed by atoms with Gasteiger partial charge < -0.3 is 0 Å². The molecule has 2 aromatic rings. The van der Waals surface area contributed by atoms with Crippen molar-refractivity contribution in [2.75, 3.05) is 6.26 Å². The molecule has 0 fully saturated rings. The van der Waals surface area contributed by atoms with Gasteiger partial charge >= 0.3 is 0 Å². The first-order valence-electron chi connectivity index (χ1n) is 6.04. The zero-order chi connectivity index (χ0) is 14.9. The molecule has 0 saturated carbocycles. The molecule has 4 nitrogen and oxygen atoms in total. The lowest BCUT2D eigenvalue weighted by molar-refractivity contribution is 0.601. The summed E-state index contributed by atoms with van der Waals surface area (Å²) < 4.78 is 37.7. The Balaban J connectivity index is 2.55. The fraction of sp³-hybridized carbons (Fsp3) is 0.214. The molecule has 0 unspecified atom stereocenters. The Morgan fingerprint density at radius 2 is 1.90 bits per heavy atom. The van der Waals surface area contributed by atoms with Gasteiger partial charge in [-0.3, -0.25) is 9.36 Å². The summed E-state index contributed by atoms with van der Waals surface area (Å²) in [7, 11) is -3.43. The van der Waals surface area contributed by atoms with Crippen molar-refractivity contribution < 1.29 is 12.8 Å². The normalized spacial score (nSPS) is 11.6. The first-order valence-corrected chi connectivity index (χ1v) is 7.93. The third-order valence-electron chi connectivity index (χ3n) is 3.01. The van der Waals surface area contributed by atoms with Crippen LogP contribution in [0.1, 0.15) is 12.5 Å². The number of pyridine rings is 1. The van der Waals surface area contributed by atoms with Gasteiger partial charge in [-0.15, -0.1) is 0 Å². The van der Waals surface area contributed by atoms with E-state index < -0.39 is 15.4 Å². The van der Waals surface area contributed by atoms with Crippen molar-refractivity contribution in [3.8, 4) is 5.69 Å². The van der Waals surface area contributed by atoms with Crippen molar-refractivity contribution in [1.82, 2.24) is 4.57 Å². The van der Waals surface area contributed by atoms with Gasteiger partial charge in [0.1, 0.15) is 5.82 Å². The number of nitrogens with zero attached hydrogens (tertiary/aromatic N) is 1. The smallest absolute Gasteiger partial charge is 0.256 e. The molecule has 2 rings (SSSR count). The minimum absolute atomic E-state index is 0.0515. The van der Waals surface area contributed by atoms with Crippen LogP contribution in [-0.2, 0) is 16.3 Å². The Morgan fingerprint density at radius 1 is 1.20 bits per heavy atom. The van der Waals surface area contributed by atoms with Gasteiger partial charge in [0.2, 0.25) is 0 Å². The number of hydrogen-bond donors (Lipinski definition) is 0. The predicted molar refractivity (Wildman–Crippen MR) is 74.5 cm³/mol. The second-order valence-corrected chi connectivity index (χ2v) is 6.49. The van der Waals surface area contributed by atoms with E-state index >= 15 is 0 Å². The van der Waals surface area contributed by atoms with Gasteiger partial charge in [0.15, 0.2) is 9.84 Å². The first-order chi connectivity index (χ1) is 9.32. The van der Waals surface area contributed by atoms with Crippen molar-refractivity contribution in [2.45, 2.75) is 18.2 Å². The minimum Gasteiger partial charge on any atom is -0.284 e. The van der Waals surface area contributed by atoms with Gasteiger partial charge in [-0.05, 0) is 30.2 Å². The van der Waals surface area contributed by atoms with Crippen LogP contribution < -0.4 is 5.56 Å². The van der Waals surface area contributed by atoms with Gasteiger partial charge in [-0.25, -0.2) is 12.8 Å². The summed E-state index contributed by atoms with van der Waals surface area (Å²) in [5, 5.41) is 0. The highest BCUT2D eigenvalue weighted by molar-refractivity contribution is 7.90. The fourth-order valence-electron chi connectivity index (χ4n) is 1.88. The number of aromatic nitrogens is 1. The van der Waals surface area contributed by atoms with Crippen LogP contribution in [-0.4, -0.2) is 19.2 Å². The third kappa shape index (κ3) is 2.80. The van der Waals surface area contributed by atoms with Crippen LogP contribution in [0.3, 0.4) is 0 Å². The standard InChI is InChI=1S/C14H14FNO3S/c1-3-10-4-5-11(8-13(10)15)16-7-6-12(9-14(16)17)20(2,18)19/h4-9H,3H2,1-2H3. The van der Waals surface area contributed by atoms with E-state index in [4.69, 9.17) is 0 Å². The number of benzene rings is 1. The summed E-state index contributed by atoms with van der Waals surface area (Å²) in [6.45, 7) is 1.84. The molecule has 106 valence electrons. The predicted octanol–water partition coefficient (Wildman–Crippen LogP) is 1.94. The zero-order valence-electron chi connectivity index (χ0n) is 11.1. The van der Waals surface area contributed by atoms with E-state index in [0.717, 1.165) is 12.3 Å². The zero-order valence-corrected chi connectivity index (χ0v) is 11.9. The van der Waals surface area contributed by atoms with Crippen LogP contribution in [0.25, 0.3) is 5.69 Å². The van der Waals surface area contributed by atoms with E-state index in [1.54, 1.807) is 12.1 Å². The van der Waals surface area contributed by atoms with Crippen LogP contribution in [0.5, 0.6) is 0 Å². The molecule has 1 aromatic heterocycles. The van der Waals surface area contributed by atoms with Gasteiger partial charge in [0, 0.05) is 18.5 Å². The first kappa shape index (κ1) is 14.5. The second-order valence-electron chi connectivity index (χ2n) is 4.47. The van der Waals surface area contributed by atoms with Crippen LogP contribution in [0.2, 0.25) is 0 Å². The average Bonchev–Trinajstić information content (AvgIpc) is 2.37. The van der Waals surface area contributed by atoms with Crippen molar-refractivity contribution in [2.24, 2.45) is 0 Å². The Hall–Kier alpha value is -1.95. The van der Waals surface area contributed by atoms with Crippen molar-refractivity contribution in [3.05, 3.63) is 58.3 Å². The van der Waals surface area contributed by atoms with Crippen LogP contribution in [0.15, 0.2) is 46.2 Å². The van der Waals surface area contributed by atoms with Crippen molar-refractivity contribution in [1.29, 1.82) is 0 Å². The molecule has 1 aromatic carbocycles. The molecule has 0 saturated heterocycles. The van der Waals surface area contributed by atoms with Crippen LogP contribution in [0, 0.1) is 5.82 Å². The number of aryl methyl sites for hydroxylation is 1. The molecule has 0 spiro atoms. The highest BCUT2D eigenvalue weighted by Gasteiger charge is 2.10. The molecule has 0 aliphatic rings. The molecular formula is C14H14FNO3S. The van der Waals surface area contributed by atoms with Crippen molar-refractivity contribution >= 4 is 9.84 Å². The minimum atomic E-state index is -3.43. The largest absolute Gasteiger partial charge is 0.284 e. The van der Waals surface area contributed by atoms with Gasteiger partial charge in [-0.1, -0.05) is 13.0 Å². The van der Waals surface area contributed by atoms with Gasteiger partial charge in [-0.2, -0.15) is 0 Å². The number of halogens is 1. The summed E-state index contributed by atoms with van der Waals surface area (Å²) in [6.07, 6.45) is 2.93. The van der Waals surface area contributed by atoms with Gasteiger partial charge in [0.05, 0.1) is 10.6 Å². The molecule has 0 atom stereocenters. The second kappa shape index (κ2) is 5.20. The van der Waals surface area contributed by atoms with E-state index in [2.05, 4.69) is 0 Å². The topological polar surface area (TPSA) is 56.1 Å². The van der Waals surface area contributed by atoms with Gasteiger partial charge in [0.25, 0.3) is 5.56 Å². The lowest BCUT2D eigenvalue weighted by Gasteiger charge is -2.08. The molecule has 0 radical (unpaired) electrons. The Morgan fingerprint density at radius 3 is 2.40 bits per heavy atom. The molecular weight excluding hydrogens is 281 g/mol. The van der Waals surface area contributed by atoms with E-state index in [0.29, 0.717) is 17.7 Å². The monoisotopic (exact) mass is 295 g/mol. The van der Waals surface area contributed by atoms with E-state index in [1.165, 1.54) is 22.9 Å².